The Morgan fingerprint density at radius 3 is 2.55 bits per heavy atom. The molecule has 0 aliphatic heterocycles. The number of benzene rings is 2. The topological polar surface area (TPSA) is 73.6 Å². The Morgan fingerprint density at radius 2 is 1.90 bits per heavy atom. The van der Waals surface area contributed by atoms with Crippen molar-refractivity contribution in [1.29, 1.82) is 0 Å². The van der Waals surface area contributed by atoms with Crippen LogP contribution >= 0.6 is 0 Å². The number of carbonyl (C=O) groups is 1. The van der Waals surface area contributed by atoms with Crippen LogP contribution < -0.4 is 20.7 Å². The molecule has 1 amide bonds. The van der Waals surface area contributed by atoms with Crippen molar-refractivity contribution >= 4 is 5.91 Å². The maximum Gasteiger partial charge on any atom is 0.265 e. The molecule has 3 N–H and O–H groups in total. The smallest absolute Gasteiger partial charge is 0.265 e. The first-order chi connectivity index (χ1) is 9.72. The fraction of sp³-hybridized carbons (Fsp3) is 0.133. The number of nitrogen functional groups attached to an aromatic ring is 1. The lowest BCUT2D eigenvalue weighted by atomic mass is 10.2. The number of ether oxygens (including phenoxy) is 2. The van der Waals surface area contributed by atoms with Crippen LogP contribution in [0.3, 0.4) is 0 Å². The molecule has 0 bridgehead atoms. The molecule has 0 spiro atoms. The fourth-order valence-electron chi connectivity index (χ4n) is 1.71. The molecule has 104 valence electrons. The number of nitrogens with two attached hydrogens (primary N) is 1. The number of carbonyl (C=O) groups excluding carboxylic acids is 1. The van der Waals surface area contributed by atoms with Crippen LogP contribution in [0.2, 0.25) is 0 Å². The van der Waals surface area contributed by atoms with E-state index in [2.05, 4.69) is 5.43 Å². The maximum atomic E-state index is 11.3. The molecule has 5 heteroatoms. The van der Waals surface area contributed by atoms with Crippen molar-refractivity contribution in [3.05, 3.63) is 59.7 Å². The Bertz CT molecular complexity index is 582. The summed E-state index contributed by atoms with van der Waals surface area (Å²) in [4.78, 5) is 11.3. The number of hydrogen-bond donors (Lipinski definition) is 2. The molecule has 2 rings (SSSR count). The van der Waals surface area contributed by atoms with Gasteiger partial charge in [0.05, 0.1) is 7.11 Å². The van der Waals surface area contributed by atoms with E-state index in [1.807, 2.05) is 24.3 Å². The second-order valence-corrected chi connectivity index (χ2v) is 4.14. The van der Waals surface area contributed by atoms with Crippen molar-refractivity contribution in [3.8, 4) is 11.5 Å². The molecule has 0 heterocycles. The first-order valence-electron chi connectivity index (χ1n) is 6.09. The summed E-state index contributed by atoms with van der Waals surface area (Å²) in [6.45, 7) is 0.430. The third-order valence-corrected chi connectivity index (χ3v) is 2.79. The summed E-state index contributed by atoms with van der Waals surface area (Å²) >= 11 is 0. The Labute approximate surface area is 117 Å². The Hall–Kier alpha value is -2.53. The molecule has 0 aliphatic carbocycles. The van der Waals surface area contributed by atoms with Gasteiger partial charge in [-0.1, -0.05) is 12.1 Å². The SMILES string of the molecule is COc1cccc(COc2ccc(C(=O)NN)cc2)c1. The van der Waals surface area contributed by atoms with E-state index in [9.17, 15) is 4.79 Å². The highest BCUT2D eigenvalue weighted by atomic mass is 16.5. The first kappa shape index (κ1) is 13.9. The zero-order chi connectivity index (χ0) is 14.4. The van der Waals surface area contributed by atoms with E-state index in [1.54, 1.807) is 31.4 Å². The van der Waals surface area contributed by atoms with Crippen molar-refractivity contribution < 1.29 is 14.3 Å². The summed E-state index contributed by atoms with van der Waals surface area (Å²) in [5.74, 6) is 6.21. The van der Waals surface area contributed by atoms with Crippen LogP contribution in [-0.4, -0.2) is 13.0 Å². The lowest BCUT2D eigenvalue weighted by molar-refractivity contribution is 0.0953. The van der Waals surface area contributed by atoms with Crippen LogP contribution in [0.5, 0.6) is 11.5 Å². The summed E-state index contributed by atoms with van der Waals surface area (Å²) < 4.78 is 10.8. The van der Waals surface area contributed by atoms with E-state index in [1.165, 1.54) is 0 Å². The summed E-state index contributed by atoms with van der Waals surface area (Å²) in [7, 11) is 1.63. The van der Waals surface area contributed by atoms with Gasteiger partial charge in [-0.25, -0.2) is 5.84 Å². The van der Waals surface area contributed by atoms with Gasteiger partial charge in [0.25, 0.3) is 5.91 Å². The average Bonchev–Trinajstić information content (AvgIpc) is 2.53. The average molecular weight is 272 g/mol. The number of rotatable bonds is 5. The molecule has 20 heavy (non-hydrogen) atoms. The number of hydrazine groups is 1. The van der Waals surface area contributed by atoms with E-state index >= 15 is 0 Å². The summed E-state index contributed by atoms with van der Waals surface area (Å²) in [5, 5.41) is 0. The Kier molecular flexibility index (Phi) is 4.57. The summed E-state index contributed by atoms with van der Waals surface area (Å²) in [6.07, 6.45) is 0. The van der Waals surface area contributed by atoms with Crippen LogP contribution in [0.4, 0.5) is 0 Å². The highest BCUT2D eigenvalue weighted by molar-refractivity contribution is 5.93. The number of methoxy groups -OCH3 is 1. The van der Waals surface area contributed by atoms with E-state index in [4.69, 9.17) is 15.3 Å². The molecule has 0 saturated heterocycles. The van der Waals surface area contributed by atoms with Gasteiger partial charge < -0.3 is 9.47 Å². The summed E-state index contributed by atoms with van der Waals surface area (Å²) in [5.41, 5.74) is 3.57. The van der Waals surface area contributed by atoms with Crippen molar-refractivity contribution in [2.45, 2.75) is 6.61 Å². The van der Waals surface area contributed by atoms with Gasteiger partial charge >= 0.3 is 0 Å². The predicted molar refractivity (Wildman–Crippen MR) is 75.4 cm³/mol. The van der Waals surface area contributed by atoms with Gasteiger partial charge in [0, 0.05) is 5.56 Å². The van der Waals surface area contributed by atoms with Gasteiger partial charge in [0.2, 0.25) is 0 Å². The molecular weight excluding hydrogens is 256 g/mol. The monoisotopic (exact) mass is 272 g/mol. The molecule has 0 aliphatic rings. The Balaban J connectivity index is 1.98. The van der Waals surface area contributed by atoms with Crippen LogP contribution in [0.25, 0.3) is 0 Å². The molecule has 0 saturated carbocycles. The van der Waals surface area contributed by atoms with E-state index in [0.717, 1.165) is 11.3 Å². The number of amides is 1. The molecule has 0 atom stereocenters. The van der Waals surface area contributed by atoms with Crippen LogP contribution in [0, 0.1) is 0 Å². The van der Waals surface area contributed by atoms with Gasteiger partial charge in [-0.2, -0.15) is 0 Å². The Morgan fingerprint density at radius 1 is 1.15 bits per heavy atom. The molecule has 2 aromatic carbocycles. The quantitative estimate of drug-likeness (QED) is 0.495. The van der Waals surface area contributed by atoms with Crippen LogP contribution in [0.15, 0.2) is 48.5 Å². The van der Waals surface area contributed by atoms with Gasteiger partial charge in [-0.05, 0) is 42.0 Å². The van der Waals surface area contributed by atoms with Gasteiger partial charge in [-0.15, -0.1) is 0 Å². The minimum atomic E-state index is -0.329. The predicted octanol–water partition coefficient (Wildman–Crippen LogP) is 1.88. The van der Waals surface area contributed by atoms with Crippen LogP contribution in [-0.2, 0) is 6.61 Å². The van der Waals surface area contributed by atoms with Crippen molar-refractivity contribution in [1.82, 2.24) is 5.43 Å². The standard InChI is InChI=1S/C15H16N2O3/c1-19-14-4-2-3-11(9-14)10-20-13-7-5-12(6-8-13)15(18)17-16/h2-9H,10,16H2,1H3,(H,17,18). The molecule has 0 radical (unpaired) electrons. The number of nitrogens with one attached hydrogen (secondary N) is 1. The minimum absolute atomic E-state index is 0.329. The largest absolute Gasteiger partial charge is 0.497 e. The third-order valence-electron chi connectivity index (χ3n) is 2.79. The molecular formula is C15H16N2O3. The van der Waals surface area contributed by atoms with Gasteiger partial charge in [-0.3, -0.25) is 10.2 Å². The molecule has 0 unspecified atom stereocenters. The van der Waals surface area contributed by atoms with Gasteiger partial charge in [0.15, 0.2) is 0 Å². The summed E-state index contributed by atoms with van der Waals surface area (Å²) in [6, 6.07) is 14.4. The highest BCUT2D eigenvalue weighted by Gasteiger charge is 2.03. The second-order valence-electron chi connectivity index (χ2n) is 4.14. The lowest BCUT2D eigenvalue weighted by Gasteiger charge is -2.08. The van der Waals surface area contributed by atoms with Crippen molar-refractivity contribution in [3.63, 3.8) is 0 Å². The normalized spacial score (nSPS) is 9.90. The maximum absolute atomic E-state index is 11.3. The second kappa shape index (κ2) is 6.58. The molecule has 5 nitrogen and oxygen atoms in total. The van der Waals surface area contributed by atoms with Crippen LogP contribution in [0.1, 0.15) is 15.9 Å². The first-order valence-corrected chi connectivity index (χ1v) is 6.09. The number of hydrogen-bond acceptors (Lipinski definition) is 4. The molecule has 0 fully saturated rings. The highest BCUT2D eigenvalue weighted by Crippen LogP contribution is 2.17. The minimum Gasteiger partial charge on any atom is -0.497 e. The van der Waals surface area contributed by atoms with E-state index < -0.39 is 0 Å². The molecule has 2 aromatic rings. The molecule has 0 aromatic heterocycles. The zero-order valence-electron chi connectivity index (χ0n) is 11.1. The van der Waals surface area contributed by atoms with E-state index in [-0.39, 0.29) is 5.91 Å². The van der Waals surface area contributed by atoms with E-state index in [0.29, 0.717) is 17.9 Å². The fourth-order valence-corrected chi connectivity index (χ4v) is 1.71. The van der Waals surface area contributed by atoms with Crippen molar-refractivity contribution in [2.24, 2.45) is 5.84 Å². The zero-order valence-corrected chi connectivity index (χ0v) is 11.1. The lowest BCUT2D eigenvalue weighted by Crippen LogP contribution is -2.29. The van der Waals surface area contributed by atoms with Crippen molar-refractivity contribution in [2.75, 3.05) is 7.11 Å². The van der Waals surface area contributed by atoms with Gasteiger partial charge in [0.1, 0.15) is 18.1 Å². The third kappa shape index (κ3) is 3.49.